The van der Waals surface area contributed by atoms with Crippen LogP contribution in [0.3, 0.4) is 0 Å². The molecule has 308 valence electrons. The molecule has 0 saturated carbocycles. The fourth-order valence-corrected chi connectivity index (χ4v) is 3.81. The molecule has 0 aliphatic heterocycles. The fourth-order valence-electron chi connectivity index (χ4n) is 3.81. The molecule has 1 amide bonds. The Bertz CT molecular complexity index is 887. The molecule has 0 fully saturated rings. The second kappa shape index (κ2) is 42.5. The van der Waals surface area contributed by atoms with Gasteiger partial charge < -0.3 is 71.6 Å². The van der Waals surface area contributed by atoms with Gasteiger partial charge in [0.05, 0.1) is 172 Å². The smallest absolute Gasteiger partial charge is 0.407 e. The normalized spacial score (nSPS) is 11.2. The highest BCUT2D eigenvalue weighted by Gasteiger charge is 2.02. The van der Waals surface area contributed by atoms with Crippen LogP contribution in [0.4, 0.5) is 4.79 Å². The van der Waals surface area contributed by atoms with Crippen molar-refractivity contribution in [2.75, 3.05) is 178 Å². The van der Waals surface area contributed by atoms with Gasteiger partial charge in [-0.2, -0.15) is 0 Å². The van der Waals surface area contributed by atoms with E-state index in [1.54, 1.807) is 6.08 Å². The Morgan fingerprint density at radius 1 is 0.434 bits per heavy atom. The molecular weight excluding hydrogens is 698 g/mol. The van der Waals surface area contributed by atoms with Crippen molar-refractivity contribution in [1.29, 1.82) is 0 Å². The predicted molar refractivity (Wildman–Crippen MR) is 195 cm³/mol. The number of amides is 1. The molecule has 0 heterocycles. The highest BCUT2D eigenvalue weighted by Crippen LogP contribution is 2.00. The van der Waals surface area contributed by atoms with Gasteiger partial charge in [-0.1, -0.05) is 36.4 Å². The van der Waals surface area contributed by atoms with Gasteiger partial charge in [-0.05, 0) is 5.56 Å². The topological polar surface area (TPSA) is 158 Å². The van der Waals surface area contributed by atoms with Gasteiger partial charge in [-0.3, -0.25) is 0 Å². The van der Waals surface area contributed by atoms with Gasteiger partial charge in [-0.15, -0.1) is 6.58 Å². The van der Waals surface area contributed by atoms with Crippen LogP contribution in [0.25, 0.3) is 0 Å². The van der Waals surface area contributed by atoms with Crippen molar-refractivity contribution in [3.8, 4) is 0 Å². The Hall–Kier alpha value is -2.29. The standard InChI is InChI=1S/C37H65NO15/c1-2-9-40-11-13-42-15-17-44-19-21-46-23-25-48-27-29-50-31-33-52-34-32-51-30-28-49-26-24-47-22-20-45-18-16-43-14-12-41-10-8-38-37(39)53-35-36-6-4-3-5-7-36/h2-7H,1,8-35H2,(H,38,39). The summed E-state index contributed by atoms with van der Waals surface area (Å²) in [6, 6.07) is 9.50. The molecule has 0 unspecified atom stereocenters. The zero-order chi connectivity index (χ0) is 37.8. The third kappa shape index (κ3) is 39.2. The summed E-state index contributed by atoms with van der Waals surface area (Å²) in [5, 5.41) is 2.64. The van der Waals surface area contributed by atoms with E-state index in [1.165, 1.54) is 0 Å². The Morgan fingerprint density at radius 3 is 1.02 bits per heavy atom. The third-order valence-corrected chi connectivity index (χ3v) is 6.43. The van der Waals surface area contributed by atoms with Crippen molar-refractivity contribution < 1.29 is 71.1 Å². The number of hydrogen-bond donors (Lipinski definition) is 1. The summed E-state index contributed by atoms with van der Waals surface area (Å²) in [7, 11) is 0. The molecule has 16 nitrogen and oxygen atoms in total. The monoisotopic (exact) mass is 763 g/mol. The molecule has 0 saturated heterocycles. The van der Waals surface area contributed by atoms with E-state index in [-0.39, 0.29) is 6.61 Å². The average Bonchev–Trinajstić information content (AvgIpc) is 3.18. The van der Waals surface area contributed by atoms with Gasteiger partial charge in [0.25, 0.3) is 0 Å². The summed E-state index contributed by atoms with van der Waals surface area (Å²) in [5.74, 6) is 0. The second-order valence-electron chi connectivity index (χ2n) is 10.7. The predicted octanol–water partition coefficient (Wildman–Crippen LogP) is 2.31. The van der Waals surface area contributed by atoms with E-state index in [2.05, 4.69) is 11.9 Å². The van der Waals surface area contributed by atoms with Crippen LogP contribution in [0.1, 0.15) is 5.56 Å². The number of carbonyl (C=O) groups is 1. The van der Waals surface area contributed by atoms with Gasteiger partial charge in [0, 0.05) is 6.54 Å². The van der Waals surface area contributed by atoms with E-state index < -0.39 is 6.09 Å². The zero-order valence-electron chi connectivity index (χ0n) is 31.6. The molecule has 1 rings (SSSR count). The van der Waals surface area contributed by atoms with Crippen LogP contribution in [0.15, 0.2) is 43.0 Å². The minimum atomic E-state index is -0.471. The van der Waals surface area contributed by atoms with Gasteiger partial charge >= 0.3 is 6.09 Å². The lowest BCUT2D eigenvalue weighted by Gasteiger charge is -2.09. The molecule has 1 aromatic rings. The molecule has 1 aromatic carbocycles. The Kier molecular flexibility index (Phi) is 39.0. The lowest BCUT2D eigenvalue weighted by atomic mass is 10.2. The first-order valence-corrected chi connectivity index (χ1v) is 18.4. The molecule has 0 aliphatic carbocycles. The largest absolute Gasteiger partial charge is 0.445 e. The van der Waals surface area contributed by atoms with Crippen molar-refractivity contribution in [2.24, 2.45) is 0 Å². The lowest BCUT2D eigenvalue weighted by molar-refractivity contribution is -0.0288. The highest BCUT2D eigenvalue weighted by molar-refractivity contribution is 5.67. The number of ether oxygens (including phenoxy) is 14. The van der Waals surface area contributed by atoms with E-state index >= 15 is 0 Å². The Morgan fingerprint density at radius 2 is 0.717 bits per heavy atom. The SMILES string of the molecule is C=CCOCCOCCOCCOCCOCCOCCOCCOCCOCCOCCOCCOCCOCCNC(=O)OCc1ccccc1. The van der Waals surface area contributed by atoms with E-state index in [0.717, 1.165) is 5.56 Å². The molecule has 0 atom stereocenters. The molecule has 0 aromatic heterocycles. The molecule has 0 radical (unpaired) electrons. The summed E-state index contributed by atoms with van der Waals surface area (Å²) >= 11 is 0. The maximum atomic E-state index is 11.7. The van der Waals surface area contributed by atoms with Crippen molar-refractivity contribution in [3.05, 3.63) is 48.6 Å². The van der Waals surface area contributed by atoms with E-state index in [0.29, 0.717) is 178 Å². The number of hydrogen-bond acceptors (Lipinski definition) is 15. The van der Waals surface area contributed by atoms with Crippen LogP contribution in [-0.4, -0.2) is 184 Å². The Labute approximate surface area is 315 Å². The van der Waals surface area contributed by atoms with Crippen LogP contribution < -0.4 is 5.32 Å². The van der Waals surface area contributed by atoms with Gasteiger partial charge in [0.15, 0.2) is 0 Å². The molecule has 0 spiro atoms. The first-order valence-electron chi connectivity index (χ1n) is 18.4. The zero-order valence-corrected chi connectivity index (χ0v) is 31.6. The van der Waals surface area contributed by atoms with Crippen molar-refractivity contribution >= 4 is 6.09 Å². The van der Waals surface area contributed by atoms with Crippen LogP contribution in [-0.2, 0) is 72.9 Å². The maximum absolute atomic E-state index is 11.7. The molecule has 53 heavy (non-hydrogen) atoms. The van der Waals surface area contributed by atoms with Crippen LogP contribution >= 0.6 is 0 Å². The lowest BCUT2D eigenvalue weighted by Crippen LogP contribution is -2.28. The number of rotatable bonds is 43. The fraction of sp³-hybridized carbons (Fsp3) is 0.757. The molecule has 1 N–H and O–H groups in total. The summed E-state index contributed by atoms with van der Waals surface area (Å²) in [4.78, 5) is 11.7. The summed E-state index contributed by atoms with van der Waals surface area (Å²) in [5.41, 5.74) is 0.936. The number of carbonyl (C=O) groups excluding carboxylic acids is 1. The number of benzene rings is 1. The minimum Gasteiger partial charge on any atom is -0.445 e. The number of nitrogens with one attached hydrogen (secondary N) is 1. The summed E-state index contributed by atoms with van der Waals surface area (Å²) < 4.78 is 75.8. The van der Waals surface area contributed by atoms with E-state index in [9.17, 15) is 4.79 Å². The molecular formula is C37H65NO15. The van der Waals surface area contributed by atoms with E-state index in [1.807, 2.05) is 30.3 Å². The first kappa shape index (κ1) is 48.7. The third-order valence-electron chi connectivity index (χ3n) is 6.43. The minimum absolute atomic E-state index is 0.236. The Balaban J connectivity index is 1.62. The second-order valence-corrected chi connectivity index (χ2v) is 10.7. The first-order chi connectivity index (χ1) is 26.3. The number of alkyl carbamates (subject to hydrolysis) is 1. The summed E-state index contributed by atoms with van der Waals surface area (Å²) in [6.45, 7) is 17.0. The van der Waals surface area contributed by atoms with Gasteiger partial charge in [-0.25, -0.2) is 4.79 Å². The quantitative estimate of drug-likeness (QED) is 0.0763. The maximum Gasteiger partial charge on any atom is 0.407 e. The highest BCUT2D eigenvalue weighted by atomic mass is 16.6. The van der Waals surface area contributed by atoms with Crippen LogP contribution in [0.5, 0.6) is 0 Å². The van der Waals surface area contributed by atoms with Crippen LogP contribution in [0.2, 0.25) is 0 Å². The molecule has 0 bridgehead atoms. The van der Waals surface area contributed by atoms with Crippen LogP contribution in [0, 0.1) is 0 Å². The van der Waals surface area contributed by atoms with Gasteiger partial charge in [0.1, 0.15) is 6.61 Å². The van der Waals surface area contributed by atoms with Crippen molar-refractivity contribution in [2.45, 2.75) is 6.61 Å². The molecule has 0 aliphatic rings. The summed E-state index contributed by atoms with van der Waals surface area (Å²) in [6.07, 6.45) is 1.24. The van der Waals surface area contributed by atoms with E-state index in [4.69, 9.17) is 66.3 Å². The van der Waals surface area contributed by atoms with Crippen molar-refractivity contribution in [1.82, 2.24) is 5.32 Å². The molecule has 16 heteroatoms. The van der Waals surface area contributed by atoms with Gasteiger partial charge in [0.2, 0.25) is 0 Å². The average molecular weight is 764 g/mol. The van der Waals surface area contributed by atoms with Crippen molar-refractivity contribution in [3.63, 3.8) is 0 Å².